The maximum absolute atomic E-state index is 6.98. The van der Waals surface area contributed by atoms with E-state index in [-0.39, 0.29) is 0 Å². The Bertz CT molecular complexity index is 442. The lowest BCUT2D eigenvalue weighted by Gasteiger charge is -2.28. The van der Waals surface area contributed by atoms with Gasteiger partial charge in [0, 0.05) is 0 Å². The van der Waals surface area contributed by atoms with E-state index in [1.807, 2.05) is 12.1 Å². The zero-order chi connectivity index (χ0) is 13.5. The van der Waals surface area contributed by atoms with Crippen molar-refractivity contribution in [3.05, 3.63) is 53.4 Å². The third-order valence-corrected chi connectivity index (χ3v) is 4.21. The molecule has 1 aliphatic carbocycles. The summed E-state index contributed by atoms with van der Waals surface area (Å²) in [6.07, 6.45) is 12.4. The van der Waals surface area contributed by atoms with Crippen LogP contribution < -0.4 is 0 Å². The molecule has 1 nitrogen and oxygen atoms in total. The van der Waals surface area contributed by atoms with Crippen molar-refractivity contribution in [3.8, 4) is 0 Å². The normalized spacial score (nSPS) is 23.4. The van der Waals surface area contributed by atoms with Gasteiger partial charge in [0.05, 0.1) is 6.57 Å². The standard InChI is InChI=1S/C18H23N/c1-3-4-5-6-15-7-9-16(10-8-15)17-11-13-18(19-2)14-12-17/h4-5,11-16H,3,6-10H2,1H3. The molecule has 0 aromatic heterocycles. The largest absolute Gasteiger partial charge is 0.238 e. The van der Waals surface area contributed by atoms with Crippen LogP contribution in [0.3, 0.4) is 0 Å². The molecule has 1 saturated carbocycles. The fourth-order valence-electron chi connectivity index (χ4n) is 3.01. The average Bonchev–Trinajstić information content (AvgIpc) is 2.48. The highest BCUT2D eigenvalue weighted by Crippen LogP contribution is 2.37. The van der Waals surface area contributed by atoms with Gasteiger partial charge < -0.3 is 0 Å². The first kappa shape index (κ1) is 13.9. The first-order valence-corrected chi connectivity index (χ1v) is 7.46. The van der Waals surface area contributed by atoms with Crippen molar-refractivity contribution in [1.29, 1.82) is 0 Å². The predicted molar refractivity (Wildman–Crippen MR) is 81.5 cm³/mol. The van der Waals surface area contributed by atoms with Crippen molar-refractivity contribution < 1.29 is 0 Å². The Morgan fingerprint density at radius 1 is 1.11 bits per heavy atom. The first-order valence-electron chi connectivity index (χ1n) is 7.46. The topological polar surface area (TPSA) is 4.36 Å². The van der Waals surface area contributed by atoms with Gasteiger partial charge in [-0.25, -0.2) is 4.85 Å². The molecule has 0 aliphatic heterocycles. The second kappa shape index (κ2) is 7.14. The van der Waals surface area contributed by atoms with E-state index in [0.29, 0.717) is 5.92 Å². The molecule has 0 unspecified atom stereocenters. The van der Waals surface area contributed by atoms with Crippen molar-refractivity contribution in [2.75, 3.05) is 0 Å². The van der Waals surface area contributed by atoms with E-state index < -0.39 is 0 Å². The van der Waals surface area contributed by atoms with E-state index in [9.17, 15) is 0 Å². The van der Waals surface area contributed by atoms with Gasteiger partial charge in [-0.15, -0.1) is 0 Å². The fraction of sp³-hybridized carbons (Fsp3) is 0.500. The molecule has 0 atom stereocenters. The van der Waals surface area contributed by atoms with E-state index in [1.165, 1.54) is 37.7 Å². The molecule has 0 saturated heterocycles. The second-order valence-electron chi connectivity index (χ2n) is 5.54. The number of benzene rings is 1. The van der Waals surface area contributed by atoms with Gasteiger partial charge in [-0.3, -0.25) is 0 Å². The van der Waals surface area contributed by atoms with Gasteiger partial charge in [-0.2, -0.15) is 0 Å². The van der Waals surface area contributed by atoms with E-state index in [4.69, 9.17) is 6.57 Å². The minimum atomic E-state index is 0.714. The second-order valence-corrected chi connectivity index (χ2v) is 5.54. The molecule has 1 heteroatoms. The molecule has 1 aromatic carbocycles. The first-order chi connectivity index (χ1) is 9.33. The number of hydrogen-bond acceptors (Lipinski definition) is 0. The number of hydrogen-bond donors (Lipinski definition) is 0. The lowest BCUT2D eigenvalue weighted by atomic mass is 9.77. The van der Waals surface area contributed by atoms with Gasteiger partial charge in [0.2, 0.25) is 0 Å². The Balaban J connectivity index is 1.85. The number of allylic oxidation sites excluding steroid dienone is 2. The molecule has 1 aromatic rings. The van der Waals surface area contributed by atoms with Crippen LogP contribution in [0.15, 0.2) is 36.4 Å². The maximum atomic E-state index is 6.98. The highest BCUT2D eigenvalue weighted by atomic mass is 14.6. The van der Waals surface area contributed by atoms with Gasteiger partial charge >= 0.3 is 0 Å². The summed E-state index contributed by atoms with van der Waals surface area (Å²) in [6.45, 7) is 9.18. The van der Waals surface area contributed by atoms with Crippen LogP contribution in [0.25, 0.3) is 4.85 Å². The summed E-state index contributed by atoms with van der Waals surface area (Å²) < 4.78 is 0. The quantitative estimate of drug-likeness (QED) is 0.467. The minimum absolute atomic E-state index is 0.714. The Kier molecular flexibility index (Phi) is 5.21. The number of rotatable bonds is 4. The van der Waals surface area contributed by atoms with Crippen LogP contribution in [0, 0.1) is 12.5 Å². The molecule has 0 spiro atoms. The maximum Gasteiger partial charge on any atom is 0.187 e. The summed E-state index contributed by atoms with van der Waals surface area (Å²) in [5.74, 6) is 1.60. The monoisotopic (exact) mass is 253 g/mol. The Morgan fingerprint density at radius 2 is 1.79 bits per heavy atom. The van der Waals surface area contributed by atoms with Gasteiger partial charge in [-0.05, 0) is 55.9 Å². The minimum Gasteiger partial charge on any atom is -0.238 e. The summed E-state index contributed by atoms with van der Waals surface area (Å²) in [4.78, 5) is 3.45. The highest BCUT2D eigenvalue weighted by molar-refractivity contribution is 5.46. The lowest BCUT2D eigenvalue weighted by molar-refractivity contribution is 0.328. The van der Waals surface area contributed by atoms with E-state index in [0.717, 1.165) is 18.0 Å². The molecule has 100 valence electrons. The molecule has 1 fully saturated rings. The predicted octanol–water partition coefficient (Wildman–Crippen LogP) is 5.87. The molecule has 0 amide bonds. The molecule has 0 radical (unpaired) electrons. The van der Waals surface area contributed by atoms with Crippen LogP contribution in [-0.4, -0.2) is 0 Å². The van der Waals surface area contributed by atoms with Crippen molar-refractivity contribution >= 4 is 5.69 Å². The molecule has 0 bridgehead atoms. The molecule has 1 aliphatic rings. The van der Waals surface area contributed by atoms with Gasteiger partial charge in [0.1, 0.15) is 0 Å². The van der Waals surface area contributed by atoms with E-state index >= 15 is 0 Å². The fourth-order valence-corrected chi connectivity index (χ4v) is 3.01. The van der Waals surface area contributed by atoms with Crippen LogP contribution >= 0.6 is 0 Å². The third kappa shape index (κ3) is 3.96. The van der Waals surface area contributed by atoms with Crippen LogP contribution in [0.1, 0.15) is 56.9 Å². The molecule has 0 heterocycles. The zero-order valence-corrected chi connectivity index (χ0v) is 11.8. The van der Waals surface area contributed by atoms with E-state index in [2.05, 4.69) is 36.1 Å². The molecule has 0 N–H and O–H groups in total. The molecule has 2 rings (SSSR count). The van der Waals surface area contributed by atoms with Crippen molar-refractivity contribution in [1.82, 2.24) is 0 Å². The summed E-state index contributed by atoms with van der Waals surface area (Å²) in [5, 5.41) is 0. The third-order valence-electron chi connectivity index (χ3n) is 4.21. The molecule has 19 heavy (non-hydrogen) atoms. The smallest absolute Gasteiger partial charge is 0.187 e. The Morgan fingerprint density at radius 3 is 2.37 bits per heavy atom. The summed E-state index contributed by atoms with van der Waals surface area (Å²) >= 11 is 0. The zero-order valence-electron chi connectivity index (χ0n) is 11.8. The van der Waals surface area contributed by atoms with Crippen LogP contribution in [0.2, 0.25) is 0 Å². The van der Waals surface area contributed by atoms with Crippen LogP contribution in [0.5, 0.6) is 0 Å². The Labute approximate surface area is 117 Å². The van der Waals surface area contributed by atoms with Gasteiger partial charge in [0.15, 0.2) is 5.69 Å². The van der Waals surface area contributed by atoms with Gasteiger partial charge in [0.25, 0.3) is 0 Å². The van der Waals surface area contributed by atoms with Crippen LogP contribution in [0.4, 0.5) is 5.69 Å². The van der Waals surface area contributed by atoms with Crippen molar-refractivity contribution in [3.63, 3.8) is 0 Å². The summed E-state index contributed by atoms with van der Waals surface area (Å²) in [5.41, 5.74) is 2.18. The van der Waals surface area contributed by atoms with Crippen molar-refractivity contribution in [2.45, 2.75) is 51.4 Å². The average molecular weight is 253 g/mol. The Hall–Kier alpha value is -1.55. The molecular formula is C18H23N. The van der Waals surface area contributed by atoms with Gasteiger partial charge in [-0.1, -0.05) is 43.3 Å². The lowest BCUT2D eigenvalue weighted by Crippen LogP contribution is -2.12. The van der Waals surface area contributed by atoms with Crippen molar-refractivity contribution in [2.24, 2.45) is 5.92 Å². The highest BCUT2D eigenvalue weighted by Gasteiger charge is 2.21. The van der Waals surface area contributed by atoms with E-state index in [1.54, 1.807) is 0 Å². The summed E-state index contributed by atoms with van der Waals surface area (Å²) in [7, 11) is 0. The van der Waals surface area contributed by atoms with Crippen LogP contribution in [-0.2, 0) is 0 Å². The molecular weight excluding hydrogens is 230 g/mol. The summed E-state index contributed by atoms with van der Waals surface area (Å²) in [6, 6.07) is 8.21. The SMILES string of the molecule is [C-]#[N+]c1ccc(C2CCC(CC=CCC)CC2)cc1. The number of nitrogens with zero attached hydrogens (tertiary/aromatic N) is 1.